The molecule has 5 rings (SSSR count). The fourth-order valence-electron chi connectivity index (χ4n) is 3.60. The van der Waals surface area contributed by atoms with Gasteiger partial charge in [0.15, 0.2) is 11.7 Å². The summed E-state index contributed by atoms with van der Waals surface area (Å²) in [5.74, 6) is 3.08. The van der Waals surface area contributed by atoms with E-state index in [1.54, 1.807) is 30.7 Å². The van der Waals surface area contributed by atoms with Gasteiger partial charge in [0.1, 0.15) is 23.6 Å². The molecule has 160 valence electrons. The molecule has 0 aliphatic carbocycles. The number of rotatable bonds is 2. The first-order valence-electron chi connectivity index (χ1n) is 10.4. The number of fused-ring (bicyclic) bond motifs is 3. The van der Waals surface area contributed by atoms with E-state index in [1.165, 1.54) is 32.1 Å². The van der Waals surface area contributed by atoms with Crippen molar-refractivity contribution in [1.82, 2.24) is 19.7 Å². The van der Waals surface area contributed by atoms with Crippen LogP contribution in [0.3, 0.4) is 0 Å². The molecule has 0 saturated carbocycles. The molecule has 6 nitrogen and oxygen atoms in total. The Labute approximate surface area is 186 Å². The van der Waals surface area contributed by atoms with Crippen LogP contribution in [0.1, 0.15) is 64.4 Å². The number of thiophene rings is 1. The summed E-state index contributed by atoms with van der Waals surface area (Å²) in [5.41, 5.74) is 6.11. The number of oxazole rings is 1. The number of nitrogens with zero attached hydrogens (tertiary/aromatic N) is 5. The van der Waals surface area contributed by atoms with Crippen LogP contribution in [-0.2, 0) is 6.54 Å². The lowest BCUT2D eigenvalue weighted by atomic mass is 9.96. The summed E-state index contributed by atoms with van der Waals surface area (Å²) >= 11 is 1.80. The molecule has 0 fully saturated rings. The average Bonchev–Trinajstić information content (AvgIpc) is 3.41. The van der Waals surface area contributed by atoms with E-state index in [4.69, 9.17) is 9.41 Å². The Morgan fingerprint density at radius 3 is 2.35 bits per heavy atom. The molecule has 0 amide bonds. The van der Waals surface area contributed by atoms with E-state index in [-0.39, 0.29) is 0 Å². The summed E-state index contributed by atoms with van der Waals surface area (Å²) in [6, 6.07) is 8.83. The lowest BCUT2D eigenvalue weighted by molar-refractivity contribution is 0.521. The van der Waals surface area contributed by atoms with E-state index in [1.807, 2.05) is 6.92 Å². The minimum Gasteiger partial charge on any atom is -0.449 e. The zero-order valence-corrected chi connectivity index (χ0v) is 19.6. The van der Waals surface area contributed by atoms with E-state index in [0.717, 1.165) is 23.3 Å². The first-order valence-corrected chi connectivity index (χ1v) is 11.2. The van der Waals surface area contributed by atoms with E-state index >= 15 is 0 Å². The van der Waals surface area contributed by atoms with E-state index in [0.29, 0.717) is 12.5 Å². The largest absolute Gasteiger partial charge is 0.449 e. The maximum atomic E-state index is 4.94. The highest BCUT2D eigenvalue weighted by molar-refractivity contribution is 7.15. The van der Waals surface area contributed by atoms with Crippen molar-refractivity contribution < 1.29 is 4.42 Å². The van der Waals surface area contributed by atoms with Crippen LogP contribution in [-0.4, -0.2) is 25.5 Å². The van der Waals surface area contributed by atoms with Crippen LogP contribution in [0.15, 0.2) is 46.1 Å². The summed E-state index contributed by atoms with van der Waals surface area (Å²) in [6.07, 6.45) is 3.17. The Kier molecular flexibility index (Phi) is 5.87. The van der Waals surface area contributed by atoms with Crippen LogP contribution in [0, 0.1) is 27.7 Å². The SMILES string of the molecule is Cc1ncco1.Cc1sc2c(c1C)C(c1ccc(C(C)C)cc1)=NCc1nnc(C)n1-2. The molecule has 4 aromatic rings. The second kappa shape index (κ2) is 8.59. The van der Waals surface area contributed by atoms with Crippen molar-refractivity contribution in [1.29, 1.82) is 0 Å². The molecule has 31 heavy (non-hydrogen) atoms. The maximum Gasteiger partial charge on any atom is 0.190 e. The second-order valence-corrected chi connectivity index (χ2v) is 9.16. The van der Waals surface area contributed by atoms with Crippen molar-refractivity contribution in [3.8, 4) is 5.00 Å². The normalized spacial score (nSPS) is 12.5. The smallest absolute Gasteiger partial charge is 0.190 e. The minimum atomic E-state index is 0.532. The Balaban J connectivity index is 0.000000334. The summed E-state index contributed by atoms with van der Waals surface area (Å²) in [5, 5.41) is 9.78. The molecule has 3 aromatic heterocycles. The molecule has 0 bridgehead atoms. The predicted molar refractivity (Wildman–Crippen MR) is 125 cm³/mol. The van der Waals surface area contributed by atoms with Crippen LogP contribution in [0.5, 0.6) is 0 Å². The van der Waals surface area contributed by atoms with Gasteiger partial charge in [0.2, 0.25) is 0 Å². The number of aromatic nitrogens is 4. The Hall–Kier alpha value is -3.06. The highest BCUT2D eigenvalue weighted by atomic mass is 32.1. The molecule has 0 N–H and O–H groups in total. The van der Waals surface area contributed by atoms with Gasteiger partial charge in [0.25, 0.3) is 0 Å². The van der Waals surface area contributed by atoms with Crippen LogP contribution in [0.2, 0.25) is 0 Å². The van der Waals surface area contributed by atoms with Crippen molar-refractivity contribution in [3.05, 3.63) is 81.4 Å². The topological polar surface area (TPSA) is 69.1 Å². The Morgan fingerprint density at radius 1 is 1.03 bits per heavy atom. The number of aliphatic imine (C=N–C) groups is 1. The number of hydrogen-bond donors (Lipinski definition) is 0. The molecule has 0 spiro atoms. The van der Waals surface area contributed by atoms with Gasteiger partial charge in [-0.2, -0.15) is 0 Å². The van der Waals surface area contributed by atoms with Crippen LogP contribution < -0.4 is 0 Å². The Morgan fingerprint density at radius 2 is 1.77 bits per heavy atom. The lowest BCUT2D eigenvalue weighted by Gasteiger charge is -2.11. The third-order valence-electron chi connectivity index (χ3n) is 5.48. The standard InChI is InChI=1S/C20H22N4S.C4H5NO/c1-11(2)15-6-8-16(9-7-15)19-18-12(3)13(4)25-20(18)24-14(5)22-23-17(24)10-21-19;1-4-5-2-3-6-4/h6-9,11H,10H2,1-5H3;2-3H,1H3. The third kappa shape index (κ3) is 4.10. The summed E-state index contributed by atoms with van der Waals surface area (Å²) in [7, 11) is 0. The Bertz CT molecular complexity index is 1210. The van der Waals surface area contributed by atoms with Crippen molar-refractivity contribution >= 4 is 17.0 Å². The molecule has 0 atom stereocenters. The number of aryl methyl sites for hydroxylation is 3. The highest BCUT2D eigenvalue weighted by Gasteiger charge is 2.26. The van der Waals surface area contributed by atoms with Gasteiger partial charge in [-0.1, -0.05) is 38.1 Å². The van der Waals surface area contributed by atoms with Gasteiger partial charge in [-0.25, -0.2) is 4.98 Å². The van der Waals surface area contributed by atoms with Crippen molar-refractivity contribution in [2.24, 2.45) is 4.99 Å². The minimum absolute atomic E-state index is 0.532. The third-order valence-corrected chi connectivity index (χ3v) is 6.68. The van der Waals surface area contributed by atoms with Gasteiger partial charge in [-0.3, -0.25) is 9.56 Å². The van der Waals surface area contributed by atoms with Crippen LogP contribution >= 0.6 is 11.3 Å². The van der Waals surface area contributed by atoms with Crippen molar-refractivity contribution in [2.45, 2.75) is 54.0 Å². The first kappa shape index (κ1) is 21.2. The highest BCUT2D eigenvalue weighted by Crippen LogP contribution is 2.36. The molecule has 4 heterocycles. The van der Waals surface area contributed by atoms with E-state index < -0.39 is 0 Å². The van der Waals surface area contributed by atoms with E-state index in [9.17, 15) is 0 Å². The molecule has 7 heteroatoms. The lowest BCUT2D eigenvalue weighted by Crippen LogP contribution is -2.07. The van der Waals surface area contributed by atoms with Crippen LogP contribution in [0.4, 0.5) is 0 Å². The molecular formula is C24H27N5OS. The zero-order valence-electron chi connectivity index (χ0n) is 18.8. The van der Waals surface area contributed by atoms with Gasteiger partial charge in [0, 0.05) is 22.9 Å². The van der Waals surface area contributed by atoms with Gasteiger partial charge < -0.3 is 4.42 Å². The fourth-order valence-corrected chi connectivity index (χ4v) is 4.83. The summed E-state index contributed by atoms with van der Waals surface area (Å²) in [6.45, 7) is 13.2. The molecule has 1 aromatic carbocycles. The molecule has 1 aliphatic rings. The number of hydrogen-bond acceptors (Lipinski definition) is 6. The van der Waals surface area contributed by atoms with Crippen molar-refractivity contribution in [2.75, 3.05) is 0 Å². The molecular weight excluding hydrogens is 406 g/mol. The fraction of sp³-hybridized carbons (Fsp3) is 0.333. The van der Waals surface area contributed by atoms with Gasteiger partial charge >= 0.3 is 0 Å². The van der Waals surface area contributed by atoms with Crippen molar-refractivity contribution in [3.63, 3.8) is 0 Å². The maximum absolute atomic E-state index is 4.94. The van der Waals surface area contributed by atoms with E-state index in [2.05, 4.69) is 71.7 Å². The van der Waals surface area contributed by atoms with Gasteiger partial charge in [-0.15, -0.1) is 21.5 Å². The first-order chi connectivity index (χ1) is 14.9. The van der Waals surface area contributed by atoms with Gasteiger partial charge in [-0.05, 0) is 37.8 Å². The van der Waals surface area contributed by atoms with Gasteiger partial charge in [0.05, 0.1) is 11.9 Å². The molecule has 1 aliphatic heterocycles. The zero-order chi connectivity index (χ0) is 22.1. The predicted octanol–water partition coefficient (Wildman–Crippen LogP) is 5.71. The molecule has 0 unspecified atom stereocenters. The summed E-state index contributed by atoms with van der Waals surface area (Å²) in [4.78, 5) is 10.0. The second-order valence-electron chi connectivity index (χ2n) is 7.95. The average molecular weight is 434 g/mol. The number of benzene rings is 1. The molecule has 0 saturated heterocycles. The van der Waals surface area contributed by atoms with Crippen LogP contribution in [0.25, 0.3) is 5.00 Å². The molecule has 0 radical (unpaired) electrons. The quantitative estimate of drug-likeness (QED) is 0.406. The summed E-state index contributed by atoms with van der Waals surface area (Å²) < 4.78 is 6.89. The monoisotopic (exact) mass is 433 g/mol.